The Hall–Kier alpha value is -1.73. The molecule has 3 rings (SSSR count). The highest BCUT2D eigenvalue weighted by Gasteiger charge is 2.24. The molecule has 0 aromatic carbocycles. The van der Waals surface area contributed by atoms with Gasteiger partial charge in [-0.3, -0.25) is 9.48 Å². The van der Waals surface area contributed by atoms with Crippen molar-refractivity contribution in [2.24, 2.45) is 0 Å². The van der Waals surface area contributed by atoms with Crippen molar-refractivity contribution in [1.29, 1.82) is 0 Å². The summed E-state index contributed by atoms with van der Waals surface area (Å²) in [6.07, 6.45) is 3.80. The third kappa shape index (κ3) is 3.45. The van der Waals surface area contributed by atoms with Crippen molar-refractivity contribution in [3.63, 3.8) is 0 Å². The van der Waals surface area contributed by atoms with Crippen molar-refractivity contribution in [3.05, 3.63) is 23.5 Å². The summed E-state index contributed by atoms with van der Waals surface area (Å²) in [5.41, 5.74) is 1.42. The van der Waals surface area contributed by atoms with Gasteiger partial charge in [-0.1, -0.05) is 0 Å². The largest absolute Gasteiger partial charge is 0.334 e. The van der Waals surface area contributed by atoms with Crippen LogP contribution in [0.5, 0.6) is 0 Å². The van der Waals surface area contributed by atoms with Crippen LogP contribution in [0.25, 0.3) is 10.6 Å². The van der Waals surface area contributed by atoms with E-state index in [0.717, 1.165) is 30.2 Å². The number of aromatic nitrogens is 3. The molecule has 0 saturated carbocycles. The number of piperazine rings is 1. The summed E-state index contributed by atoms with van der Waals surface area (Å²) < 4.78 is 1.92. The average Bonchev–Trinajstić information content (AvgIpc) is 3.14. The van der Waals surface area contributed by atoms with Crippen LogP contribution in [-0.2, 0) is 5.54 Å². The van der Waals surface area contributed by atoms with Crippen molar-refractivity contribution in [2.75, 3.05) is 19.6 Å². The van der Waals surface area contributed by atoms with E-state index < -0.39 is 0 Å². The van der Waals surface area contributed by atoms with Crippen LogP contribution in [0, 0.1) is 0 Å². The first-order valence-electron chi connectivity index (χ1n) is 7.88. The topological polar surface area (TPSA) is 63.1 Å². The molecule has 0 spiro atoms. The van der Waals surface area contributed by atoms with E-state index in [4.69, 9.17) is 0 Å². The highest BCUT2D eigenvalue weighted by molar-refractivity contribution is 7.13. The van der Waals surface area contributed by atoms with Crippen molar-refractivity contribution in [1.82, 2.24) is 25.0 Å². The van der Waals surface area contributed by atoms with Crippen molar-refractivity contribution >= 4 is 17.2 Å². The van der Waals surface area contributed by atoms with Crippen LogP contribution in [0.4, 0.5) is 0 Å². The van der Waals surface area contributed by atoms with Gasteiger partial charge in [-0.15, -0.1) is 11.3 Å². The lowest BCUT2D eigenvalue weighted by atomic mass is 10.1. The molecule has 3 heterocycles. The lowest BCUT2D eigenvalue weighted by Crippen LogP contribution is -2.51. The zero-order valence-corrected chi connectivity index (χ0v) is 14.9. The number of rotatable bonds is 2. The predicted molar refractivity (Wildman–Crippen MR) is 91.7 cm³/mol. The molecular formula is C16H23N5OS. The first kappa shape index (κ1) is 16.1. The lowest BCUT2D eigenvalue weighted by molar-refractivity contribution is 0.0704. The first-order chi connectivity index (χ1) is 10.8. The van der Waals surface area contributed by atoms with Gasteiger partial charge in [0.05, 0.1) is 11.7 Å². The standard InChI is InChI=1S/C16H23N5OS/c1-11-8-20(6-5-17-11)15(22)13-10-23-14(19-13)12-7-18-21(9-12)16(2,3)4/h7,9-11,17H,5-6,8H2,1-4H3/t11-/m0/s1. The minimum Gasteiger partial charge on any atom is -0.334 e. The summed E-state index contributed by atoms with van der Waals surface area (Å²) >= 11 is 1.49. The molecule has 1 aliphatic heterocycles. The van der Waals surface area contributed by atoms with Crippen LogP contribution in [-0.4, -0.2) is 51.2 Å². The summed E-state index contributed by atoms with van der Waals surface area (Å²) in [7, 11) is 0. The molecule has 2 aromatic heterocycles. The summed E-state index contributed by atoms with van der Waals surface area (Å²) in [6, 6.07) is 0.329. The Morgan fingerprint density at radius 2 is 2.22 bits per heavy atom. The van der Waals surface area contributed by atoms with E-state index >= 15 is 0 Å². The van der Waals surface area contributed by atoms with Crippen LogP contribution < -0.4 is 5.32 Å². The van der Waals surface area contributed by atoms with Gasteiger partial charge in [0.15, 0.2) is 0 Å². The Morgan fingerprint density at radius 3 is 2.87 bits per heavy atom. The Morgan fingerprint density at radius 1 is 1.43 bits per heavy atom. The molecule has 0 aliphatic carbocycles. The minimum absolute atomic E-state index is 0.0177. The summed E-state index contributed by atoms with van der Waals surface area (Å²) in [5, 5.41) is 10.4. The van der Waals surface area contributed by atoms with Crippen molar-refractivity contribution < 1.29 is 4.79 Å². The van der Waals surface area contributed by atoms with Gasteiger partial charge in [0, 0.05) is 42.8 Å². The summed E-state index contributed by atoms with van der Waals surface area (Å²) in [5.74, 6) is 0.0177. The molecule has 1 fully saturated rings. The normalized spacial score (nSPS) is 19.1. The molecular weight excluding hydrogens is 310 g/mol. The minimum atomic E-state index is -0.0644. The molecule has 23 heavy (non-hydrogen) atoms. The van der Waals surface area contributed by atoms with Gasteiger partial charge in [-0.25, -0.2) is 4.98 Å². The molecule has 124 valence electrons. The molecule has 7 heteroatoms. The Labute approximate surface area is 140 Å². The highest BCUT2D eigenvalue weighted by Crippen LogP contribution is 2.26. The van der Waals surface area contributed by atoms with E-state index in [-0.39, 0.29) is 11.4 Å². The molecule has 1 saturated heterocycles. The zero-order valence-electron chi connectivity index (χ0n) is 14.0. The number of carbonyl (C=O) groups is 1. The number of carbonyl (C=O) groups excluding carboxylic acids is 1. The SMILES string of the molecule is C[C@H]1CN(C(=O)c2csc(-c3cnn(C(C)(C)C)c3)n2)CCN1. The van der Waals surface area contributed by atoms with E-state index in [0.29, 0.717) is 11.7 Å². The third-order valence-electron chi connectivity index (χ3n) is 3.90. The summed E-state index contributed by atoms with van der Waals surface area (Å²) in [6.45, 7) is 10.7. The van der Waals surface area contributed by atoms with Gasteiger partial charge in [0.1, 0.15) is 10.7 Å². The fourth-order valence-corrected chi connectivity index (χ4v) is 3.35. The maximum atomic E-state index is 12.6. The second-order valence-electron chi connectivity index (χ2n) is 6.99. The molecule has 1 amide bonds. The number of nitrogens with zero attached hydrogens (tertiary/aromatic N) is 4. The maximum absolute atomic E-state index is 12.6. The Kier molecular flexibility index (Phi) is 4.25. The van der Waals surface area contributed by atoms with Gasteiger partial charge < -0.3 is 10.2 Å². The van der Waals surface area contributed by atoms with Gasteiger partial charge in [-0.2, -0.15) is 5.10 Å². The Bertz CT molecular complexity index is 699. The molecule has 2 aromatic rings. The smallest absolute Gasteiger partial charge is 0.273 e. The third-order valence-corrected chi connectivity index (χ3v) is 4.79. The molecule has 0 bridgehead atoms. The quantitative estimate of drug-likeness (QED) is 0.915. The molecule has 6 nitrogen and oxygen atoms in total. The zero-order chi connectivity index (χ0) is 16.6. The maximum Gasteiger partial charge on any atom is 0.273 e. The summed E-state index contributed by atoms with van der Waals surface area (Å²) in [4.78, 5) is 19.0. The van der Waals surface area contributed by atoms with Crippen molar-refractivity contribution in [3.8, 4) is 10.6 Å². The van der Waals surface area contributed by atoms with Gasteiger partial charge in [0.2, 0.25) is 0 Å². The van der Waals surface area contributed by atoms with Crippen LogP contribution in [0.1, 0.15) is 38.2 Å². The first-order valence-corrected chi connectivity index (χ1v) is 8.76. The van der Waals surface area contributed by atoms with Crippen LogP contribution in [0.15, 0.2) is 17.8 Å². The number of hydrogen-bond donors (Lipinski definition) is 1. The lowest BCUT2D eigenvalue weighted by Gasteiger charge is -2.31. The van der Waals surface area contributed by atoms with E-state index in [1.54, 1.807) is 0 Å². The predicted octanol–water partition coefficient (Wildman–Crippen LogP) is 2.20. The number of nitrogens with one attached hydrogen (secondary N) is 1. The highest BCUT2D eigenvalue weighted by atomic mass is 32.1. The van der Waals surface area contributed by atoms with E-state index in [1.807, 2.05) is 27.4 Å². The van der Waals surface area contributed by atoms with Gasteiger partial charge >= 0.3 is 0 Å². The van der Waals surface area contributed by atoms with Crippen LogP contribution in [0.3, 0.4) is 0 Å². The molecule has 1 atom stereocenters. The number of hydrogen-bond acceptors (Lipinski definition) is 5. The van der Waals surface area contributed by atoms with Crippen LogP contribution >= 0.6 is 11.3 Å². The molecule has 0 radical (unpaired) electrons. The van der Waals surface area contributed by atoms with E-state index in [2.05, 4.69) is 43.1 Å². The van der Waals surface area contributed by atoms with Crippen LogP contribution in [0.2, 0.25) is 0 Å². The monoisotopic (exact) mass is 333 g/mol. The fourth-order valence-electron chi connectivity index (χ4n) is 2.58. The molecule has 1 aliphatic rings. The van der Waals surface area contributed by atoms with Crippen molar-refractivity contribution in [2.45, 2.75) is 39.3 Å². The van der Waals surface area contributed by atoms with Gasteiger partial charge in [0.25, 0.3) is 5.91 Å². The average molecular weight is 333 g/mol. The number of thiazole rings is 1. The fraction of sp³-hybridized carbons (Fsp3) is 0.562. The molecule has 1 N–H and O–H groups in total. The van der Waals surface area contributed by atoms with Gasteiger partial charge in [-0.05, 0) is 27.7 Å². The van der Waals surface area contributed by atoms with E-state index in [9.17, 15) is 4.79 Å². The Balaban J connectivity index is 1.77. The second-order valence-corrected chi connectivity index (χ2v) is 7.85. The second kappa shape index (κ2) is 6.05. The number of amides is 1. The van der Waals surface area contributed by atoms with E-state index in [1.165, 1.54) is 11.3 Å². The molecule has 0 unspecified atom stereocenters.